The Morgan fingerprint density at radius 3 is 2.49 bits per heavy atom. The number of methoxy groups -OCH3 is 2. The molecular formula is C30H31BrN2O9S. The van der Waals surface area contributed by atoms with Gasteiger partial charge in [-0.25, -0.2) is 14.6 Å². The van der Waals surface area contributed by atoms with E-state index in [1.165, 1.54) is 30.1 Å². The molecule has 1 atom stereocenters. The molecule has 228 valence electrons. The molecule has 0 unspecified atom stereocenters. The van der Waals surface area contributed by atoms with Crippen molar-refractivity contribution in [3.63, 3.8) is 0 Å². The molecule has 2 aromatic carbocycles. The van der Waals surface area contributed by atoms with Gasteiger partial charge in [0.1, 0.15) is 0 Å². The van der Waals surface area contributed by atoms with Crippen molar-refractivity contribution in [2.24, 2.45) is 4.99 Å². The number of carboxylic acid groups (broad SMARTS) is 1. The first-order valence-corrected chi connectivity index (χ1v) is 14.9. The smallest absolute Gasteiger partial charge is 0.341 e. The average molecular weight is 676 g/mol. The summed E-state index contributed by atoms with van der Waals surface area (Å²) < 4.78 is 29.9. The molecule has 0 aliphatic carbocycles. The topological polar surface area (TPSA) is 135 Å². The molecule has 1 aromatic heterocycles. The van der Waals surface area contributed by atoms with Crippen molar-refractivity contribution < 1.29 is 38.4 Å². The van der Waals surface area contributed by atoms with Crippen LogP contribution in [0.15, 0.2) is 55.9 Å². The van der Waals surface area contributed by atoms with Crippen LogP contribution >= 0.6 is 27.3 Å². The summed E-state index contributed by atoms with van der Waals surface area (Å²) in [6.07, 6.45) is 1.57. The summed E-state index contributed by atoms with van der Waals surface area (Å²) >= 11 is 4.57. The Labute approximate surface area is 259 Å². The van der Waals surface area contributed by atoms with Crippen LogP contribution in [0, 0.1) is 0 Å². The van der Waals surface area contributed by atoms with E-state index < -0.39 is 24.6 Å². The number of aromatic nitrogens is 1. The molecule has 0 fully saturated rings. The Kier molecular flexibility index (Phi) is 9.97. The van der Waals surface area contributed by atoms with Crippen LogP contribution in [-0.4, -0.2) is 55.1 Å². The lowest BCUT2D eigenvalue weighted by Gasteiger charge is -2.25. The number of esters is 1. The summed E-state index contributed by atoms with van der Waals surface area (Å²) in [5.74, 6) is -0.225. The molecule has 2 heterocycles. The zero-order chi connectivity index (χ0) is 31.4. The Balaban J connectivity index is 1.90. The third-order valence-corrected chi connectivity index (χ3v) is 7.84. The van der Waals surface area contributed by atoms with Crippen LogP contribution in [0.25, 0.3) is 6.08 Å². The predicted molar refractivity (Wildman–Crippen MR) is 163 cm³/mol. The molecule has 0 spiro atoms. The standard InChI is InChI=1S/C30H31BrN2O9S/c1-7-40-29(37)25-16(4)32-30-33(26(25)18-8-9-20(42-15(2)3)21(13-18)38-5)28(36)23(43-30)12-17-10-19(31)27(22(11-17)39-6)41-14-24(34)35/h8-13,15,26H,7,14H2,1-6H3,(H,34,35)/b23-12-/t26-/m0/s1. The fourth-order valence-electron chi connectivity index (χ4n) is 4.56. The third-order valence-electron chi connectivity index (χ3n) is 6.27. The summed E-state index contributed by atoms with van der Waals surface area (Å²) in [4.78, 5) is 43.2. The average Bonchev–Trinajstić information content (AvgIpc) is 3.25. The zero-order valence-electron chi connectivity index (χ0n) is 24.4. The first-order chi connectivity index (χ1) is 20.5. The highest BCUT2D eigenvalue weighted by molar-refractivity contribution is 9.10. The highest BCUT2D eigenvalue weighted by atomic mass is 79.9. The lowest BCUT2D eigenvalue weighted by atomic mass is 9.95. The van der Waals surface area contributed by atoms with Crippen LogP contribution in [0.1, 0.15) is 44.9 Å². The van der Waals surface area contributed by atoms with Gasteiger partial charge in [-0.15, -0.1) is 0 Å². The highest BCUT2D eigenvalue weighted by Crippen LogP contribution is 2.38. The summed E-state index contributed by atoms with van der Waals surface area (Å²) in [7, 11) is 2.95. The first kappa shape index (κ1) is 31.8. The number of carbonyl (C=O) groups is 2. The predicted octanol–water partition coefficient (Wildman–Crippen LogP) is 3.83. The van der Waals surface area contributed by atoms with Crippen molar-refractivity contribution in [1.29, 1.82) is 0 Å². The molecule has 13 heteroatoms. The minimum atomic E-state index is -1.13. The summed E-state index contributed by atoms with van der Waals surface area (Å²) in [6.45, 7) is 6.83. The molecule has 0 radical (unpaired) electrons. The maximum absolute atomic E-state index is 14.0. The number of allylic oxidation sites excluding steroid dienone is 1. The molecule has 0 bridgehead atoms. The van der Waals surface area contributed by atoms with Crippen LogP contribution in [0.3, 0.4) is 0 Å². The van der Waals surface area contributed by atoms with Gasteiger partial charge >= 0.3 is 11.9 Å². The van der Waals surface area contributed by atoms with Gasteiger partial charge in [-0.1, -0.05) is 17.4 Å². The van der Waals surface area contributed by atoms with Crippen LogP contribution in [0.5, 0.6) is 23.0 Å². The molecule has 43 heavy (non-hydrogen) atoms. The number of carboxylic acids is 1. The maximum atomic E-state index is 14.0. The number of rotatable bonds is 11. The van der Waals surface area contributed by atoms with Crippen molar-refractivity contribution in [1.82, 2.24) is 4.57 Å². The van der Waals surface area contributed by atoms with Crippen molar-refractivity contribution in [2.45, 2.75) is 39.8 Å². The van der Waals surface area contributed by atoms with Gasteiger partial charge in [-0.3, -0.25) is 9.36 Å². The van der Waals surface area contributed by atoms with Crippen LogP contribution < -0.4 is 33.8 Å². The Bertz CT molecular complexity index is 1770. The van der Waals surface area contributed by atoms with Gasteiger partial charge < -0.3 is 28.8 Å². The highest BCUT2D eigenvalue weighted by Gasteiger charge is 2.34. The van der Waals surface area contributed by atoms with E-state index in [0.29, 0.717) is 42.1 Å². The lowest BCUT2D eigenvalue weighted by molar-refractivity contribution is -0.140. The van der Waals surface area contributed by atoms with E-state index in [1.54, 1.807) is 50.3 Å². The van der Waals surface area contributed by atoms with E-state index in [9.17, 15) is 14.4 Å². The quantitative estimate of drug-likeness (QED) is 0.301. The molecule has 3 aromatic rings. The van der Waals surface area contributed by atoms with Gasteiger partial charge in [0.2, 0.25) is 0 Å². The van der Waals surface area contributed by atoms with Gasteiger partial charge in [0.05, 0.1) is 53.2 Å². The molecule has 1 aliphatic rings. The second kappa shape index (κ2) is 13.5. The van der Waals surface area contributed by atoms with E-state index in [4.69, 9.17) is 28.8 Å². The summed E-state index contributed by atoms with van der Waals surface area (Å²) in [6, 6.07) is 7.76. The number of nitrogens with zero attached hydrogens (tertiary/aromatic N) is 2. The van der Waals surface area contributed by atoms with Crippen LogP contribution in [0.2, 0.25) is 0 Å². The molecular weight excluding hydrogens is 644 g/mol. The first-order valence-electron chi connectivity index (χ1n) is 13.2. The number of aliphatic carboxylic acids is 1. The number of hydrogen-bond acceptors (Lipinski definition) is 10. The Hall–Kier alpha value is -4.10. The number of ether oxygens (including phenoxy) is 5. The molecule has 4 rings (SSSR count). The van der Waals surface area contributed by atoms with Gasteiger partial charge in [-0.05, 0) is 85.1 Å². The zero-order valence-corrected chi connectivity index (χ0v) is 26.8. The monoisotopic (exact) mass is 674 g/mol. The minimum absolute atomic E-state index is 0.0916. The van der Waals surface area contributed by atoms with Crippen molar-refractivity contribution in [2.75, 3.05) is 27.4 Å². The molecule has 0 amide bonds. The Morgan fingerprint density at radius 1 is 1.14 bits per heavy atom. The Morgan fingerprint density at radius 2 is 1.86 bits per heavy atom. The van der Waals surface area contributed by atoms with E-state index in [1.807, 2.05) is 13.8 Å². The van der Waals surface area contributed by atoms with E-state index in [-0.39, 0.29) is 35.3 Å². The van der Waals surface area contributed by atoms with E-state index in [0.717, 1.165) is 0 Å². The molecule has 0 saturated heterocycles. The van der Waals surface area contributed by atoms with Gasteiger partial charge in [0.15, 0.2) is 34.4 Å². The maximum Gasteiger partial charge on any atom is 0.341 e. The SMILES string of the molecule is CCOC(=O)C1=C(C)N=c2s/c(=C\c3cc(Br)c(OCC(=O)O)c(OC)c3)c(=O)n2[C@H]1c1ccc(OC(C)C)c(OC)c1. The second-order valence-electron chi connectivity index (χ2n) is 9.60. The fourth-order valence-corrected chi connectivity index (χ4v) is 6.18. The third kappa shape index (κ3) is 6.78. The van der Waals surface area contributed by atoms with Gasteiger partial charge in [-0.2, -0.15) is 0 Å². The van der Waals surface area contributed by atoms with Crippen molar-refractivity contribution in [3.05, 3.63) is 76.9 Å². The molecule has 1 aliphatic heterocycles. The van der Waals surface area contributed by atoms with Crippen LogP contribution in [-0.2, 0) is 14.3 Å². The van der Waals surface area contributed by atoms with Gasteiger partial charge in [0, 0.05) is 0 Å². The number of halogens is 1. The molecule has 0 saturated carbocycles. The van der Waals surface area contributed by atoms with E-state index >= 15 is 0 Å². The number of hydrogen-bond donors (Lipinski definition) is 1. The number of benzene rings is 2. The van der Waals surface area contributed by atoms with Gasteiger partial charge in [0.25, 0.3) is 5.56 Å². The minimum Gasteiger partial charge on any atom is -0.493 e. The molecule has 11 nitrogen and oxygen atoms in total. The van der Waals surface area contributed by atoms with Crippen LogP contribution in [0.4, 0.5) is 0 Å². The second-order valence-corrected chi connectivity index (χ2v) is 11.5. The van der Waals surface area contributed by atoms with E-state index in [2.05, 4.69) is 20.9 Å². The summed E-state index contributed by atoms with van der Waals surface area (Å²) in [5.41, 5.74) is 1.51. The number of fused-ring (bicyclic) bond motifs is 1. The normalized spacial score (nSPS) is 14.7. The summed E-state index contributed by atoms with van der Waals surface area (Å²) in [5, 5.41) is 8.99. The molecule has 1 N–H and O–H groups in total. The van der Waals surface area contributed by atoms with Crippen molar-refractivity contribution >= 4 is 45.3 Å². The van der Waals surface area contributed by atoms with Crippen molar-refractivity contribution in [3.8, 4) is 23.0 Å². The number of carbonyl (C=O) groups excluding carboxylic acids is 1. The lowest BCUT2D eigenvalue weighted by Crippen LogP contribution is -2.40. The largest absolute Gasteiger partial charge is 0.493 e. The number of thiazole rings is 1. The fraction of sp³-hybridized carbons (Fsp3) is 0.333.